The Morgan fingerprint density at radius 1 is 1.18 bits per heavy atom. The highest BCUT2D eigenvalue weighted by Crippen LogP contribution is 2.01. The highest BCUT2D eigenvalue weighted by molar-refractivity contribution is 5.97. The van der Waals surface area contributed by atoms with Gasteiger partial charge in [-0.25, -0.2) is 5.43 Å². The summed E-state index contributed by atoms with van der Waals surface area (Å²) >= 11 is 0. The number of carboxylic acid groups (broad SMARTS) is 1. The number of carbonyl (C=O) groups is 3. The highest BCUT2D eigenvalue weighted by atomic mass is 16.4. The van der Waals surface area contributed by atoms with Crippen molar-refractivity contribution in [2.75, 3.05) is 6.54 Å². The molecule has 7 heteroatoms. The highest BCUT2D eigenvalue weighted by Gasteiger charge is 2.08. The summed E-state index contributed by atoms with van der Waals surface area (Å²) in [5, 5.41) is 16.9. The molecule has 0 saturated heterocycles. The maximum Gasteiger partial charge on any atom is 0.249 e. The Morgan fingerprint density at radius 2 is 1.82 bits per heavy atom. The van der Waals surface area contributed by atoms with E-state index in [9.17, 15) is 19.5 Å². The standard InChI is InChI=1S/C15H19N3O4/c1-10(2)8-16-13(19)7-14(20)18-17-9-11-3-5-12(6-4-11)15(21)22/h3-6,9-10H,7-8H2,1-2H3,(H,16,19)(H,18,20)(H,21,22)/p-1. The van der Waals surface area contributed by atoms with Gasteiger partial charge in [-0.05, 0) is 17.0 Å². The Hall–Kier alpha value is -2.70. The average Bonchev–Trinajstić information content (AvgIpc) is 2.45. The fourth-order valence-electron chi connectivity index (χ4n) is 1.45. The molecule has 1 aromatic rings. The van der Waals surface area contributed by atoms with Crippen molar-refractivity contribution in [3.05, 3.63) is 35.4 Å². The van der Waals surface area contributed by atoms with Gasteiger partial charge < -0.3 is 15.2 Å². The summed E-state index contributed by atoms with van der Waals surface area (Å²) in [6.45, 7) is 4.42. The van der Waals surface area contributed by atoms with Gasteiger partial charge in [0.05, 0.1) is 12.2 Å². The van der Waals surface area contributed by atoms with E-state index in [1.807, 2.05) is 13.8 Å². The molecule has 2 N–H and O–H groups in total. The number of aromatic carboxylic acids is 1. The van der Waals surface area contributed by atoms with Crippen LogP contribution < -0.4 is 15.8 Å². The van der Waals surface area contributed by atoms with Crippen LogP contribution in [0.3, 0.4) is 0 Å². The van der Waals surface area contributed by atoms with Crippen LogP contribution in [-0.4, -0.2) is 30.5 Å². The predicted molar refractivity (Wildman–Crippen MR) is 79.0 cm³/mol. The van der Waals surface area contributed by atoms with Crippen molar-refractivity contribution in [1.29, 1.82) is 0 Å². The first kappa shape index (κ1) is 17.4. The minimum atomic E-state index is -1.26. The number of hydrazone groups is 1. The lowest BCUT2D eigenvalue weighted by molar-refractivity contribution is -0.255. The van der Waals surface area contributed by atoms with E-state index in [-0.39, 0.29) is 17.9 Å². The van der Waals surface area contributed by atoms with E-state index in [1.165, 1.54) is 30.5 Å². The second-order valence-electron chi connectivity index (χ2n) is 5.08. The van der Waals surface area contributed by atoms with E-state index in [0.29, 0.717) is 18.0 Å². The second-order valence-corrected chi connectivity index (χ2v) is 5.08. The summed E-state index contributed by atoms with van der Waals surface area (Å²) in [7, 11) is 0. The van der Waals surface area contributed by atoms with Gasteiger partial charge in [0.25, 0.3) is 0 Å². The van der Waals surface area contributed by atoms with Crippen LogP contribution in [0.25, 0.3) is 0 Å². The molecule has 0 aromatic heterocycles. The summed E-state index contributed by atoms with van der Waals surface area (Å²) in [4.78, 5) is 33.4. The molecule has 1 aromatic carbocycles. The Labute approximate surface area is 128 Å². The van der Waals surface area contributed by atoms with Gasteiger partial charge in [-0.2, -0.15) is 5.10 Å². The first-order chi connectivity index (χ1) is 10.4. The first-order valence-corrected chi connectivity index (χ1v) is 6.78. The molecule has 2 amide bonds. The molecule has 0 radical (unpaired) electrons. The molecule has 0 aliphatic rings. The van der Waals surface area contributed by atoms with E-state index in [4.69, 9.17) is 0 Å². The molecule has 0 heterocycles. The number of amides is 2. The van der Waals surface area contributed by atoms with E-state index in [0.717, 1.165) is 0 Å². The third-order valence-corrected chi connectivity index (χ3v) is 2.58. The SMILES string of the molecule is CC(C)CNC(=O)CC(=O)NN=Cc1ccc(C(=O)[O-])cc1. The van der Waals surface area contributed by atoms with E-state index in [1.54, 1.807) is 0 Å². The van der Waals surface area contributed by atoms with Crippen LogP contribution in [0, 0.1) is 5.92 Å². The maximum atomic E-state index is 11.5. The van der Waals surface area contributed by atoms with Crippen LogP contribution >= 0.6 is 0 Å². The van der Waals surface area contributed by atoms with Gasteiger partial charge in [0.1, 0.15) is 6.42 Å². The van der Waals surface area contributed by atoms with Crippen LogP contribution in [0.5, 0.6) is 0 Å². The topological polar surface area (TPSA) is 111 Å². The van der Waals surface area contributed by atoms with Crippen LogP contribution in [0.2, 0.25) is 0 Å². The van der Waals surface area contributed by atoms with Crippen molar-refractivity contribution in [3.63, 3.8) is 0 Å². The number of hydrogen-bond donors (Lipinski definition) is 2. The van der Waals surface area contributed by atoms with E-state index in [2.05, 4.69) is 15.8 Å². The fraction of sp³-hybridized carbons (Fsp3) is 0.333. The van der Waals surface area contributed by atoms with Gasteiger partial charge >= 0.3 is 0 Å². The fourth-order valence-corrected chi connectivity index (χ4v) is 1.45. The van der Waals surface area contributed by atoms with Crippen LogP contribution in [0.15, 0.2) is 29.4 Å². The minimum Gasteiger partial charge on any atom is -0.545 e. The Balaban J connectivity index is 2.39. The van der Waals surface area contributed by atoms with Crippen molar-refractivity contribution >= 4 is 24.0 Å². The molecule has 118 valence electrons. The van der Waals surface area contributed by atoms with Gasteiger partial charge in [0.2, 0.25) is 11.8 Å². The van der Waals surface area contributed by atoms with Crippen LogP contribution in [-0.2, 0) is 9.59 Å². The molecule has 0 unspecified atom stereocenters. The zero-order chi connectivity index (χ0) is 16.5. The zero-order valence-corrected chi connectivity index (χ0v) is 12.5. The van der Waals surface area contributed by atoms with Crippen LogP contribution in [0.1, 0.15) is 36.2 Å². The third-order valence-electron chi connectivity index (χ3n) is 2.58. The molecule has 0 atom stereocenters. The van der Waals surface area contributed by atoms with Gasteiger partial charge in [-0.3, -0.25) is 9.59 Å². The smallest absolute Gasteiger partial charge is 0.249 e. The molecule has 0 bridgehead atoms. The number of benzene rings is 1. The number of rotatable bonds is 7. The monoisotopic (exact) mass is 304 g/mol. The van der Waals surface area contributed by atoms with Gasteiger partial charge in [-0.15, -0.1) is 0 Å². The molecular formula is C15H18N3O4-. The van der Waals surface area contributed by atoms with Crippen LogP contribution in [0.4, 0.5) is 0 Å². The van der Waals surface area contributed by atoms with Crippen molar-refractivity contribution in [2.45, 2.75) is 20.3 Å². The molecule has 0 aliphatic heterocycles. The van der Waals surface area contributed by atoms with Crippen molar-refractivity contribution in [3.8, 4) is 0 Å². The molecule has 22 heavy (non-hydrogen) atoms. The second kappa shape index (κ2) is 8.56. The lowest BCUT2D eigenvalue weighted by Gasteiger charge is -2.06. The quantitative estimate of drug-likeness (QED) is 0.408. The van der Waals surface area contributed by atoms with Crippen molar-refractivity contribution < 1.29 is 19.5 Å². The summed E-state index contributed by atoms with van der Waals surface area (Å²) in [6.07, 6.45) is 1.05. The summed E-state index contributed by atoms with van der Waals surface area (Å²) in [5.74, 6) is -1.83. The van der Waals surface area contributed by atoms with E-state index >= 15 is 0 Å². The molecular weight excluding hydrogens is 286 g/mol. The Morgan fingerprint density at radius 3 is 2.36 bits per heavy atom. The molecule has 0 spiro atoms. The number of carboxylic acids is 1. The number of nitrogens with one attached hydrogen (secondary N) is 2. The number of hydrogen-bond acceptors (Lipinski definition) is 5. The summed E-state index contributed by atoms with van der Waals surface area (Å²) < 4.78 is 0. The molecule has 0 saturated carbocycles. The predicted octanol–water partition coefficient (Wildman–Crippen LogP) is -0.337. The minimum absolute atomic E-state index is 0.0583. The normalized spacial score (nSPS) is 10.7. The van der Waals surface area contributed by atoms with E-state index < -0.39 is 11.9 Å². The summed E-state index contributed by atoms with van der Waals surface area (Å²) in [6, 6.07) is 5.79. The first-order valence-electron chi connectivity index (χ1n) is 6.78. The maximum absolute atomic E-state index is 11.5. The zero-order valence-electron chi connectivity index (χ0n) is 12.5. The number of carbonyl (C=O) groups excluding carboxylic acids is 3. The Bertz CT molecular complexity index is 565. The Kier molecular flexibility index (Phi) is 6.75. The molecule has 1 rings (SSSR count). The summed E-state index contributed by atoms with van der Waals surface area (Å²) in [5.41, 5.74) is 2.89. The van der Waals surface area contributed by atoms with Gasteiger partial charge in [0.15, 0.2) is 0 Å². The van der Waals surface area contributed by atoms with Crippen molar-refractivity contribution in [1.82, 2.24) is 10.7 Å². The lowest BCUT2D eigenvalue weighted by Crippen LogP contribution is -2.32. The molecule has 7 nitrogen and oxygen atoms in total. The lowest BCUT2D eigenvalue weighted by atomic mass is 10.1. The van der Waals surface area contributed by atoms with Crippen molar-refractivity contribution in [2.24, 2.45) is 11.0 Å². The molecule has 0 aliphatic carbocycles. The van der Waals surface area contributed by atoms with Gasteiger partial charge in [-0.1, -0.05) is 38.1 Å². The average molecular weight is 304 g/mol. The third kappa shape index (κ3) is 6.65. The molecule has 0 fully saturated rings. The number of nitrogens with zero attached hydrogens (tertiary/aromatic N) is 1. The van der Waals surface area contributed by atoms with Gasteiger partial charge in [0, 0.05) is 6.54 Å². The largest absolute Gasteiger partial charge is 0.545 e.